The third-order valence-corrected chi connectivity index (χ3v) is 5.36. The molecular formula is C18H37NS2. The molecule has 3 heteroatoms. The van der Waals surface area contributed by atoms with E-state index < -0.39 is 0 Å². The summed E-state index contributed by atoms with van der Waals surface area (Å²) in [5.41, 5.74) is 0. The van der Waals surface area contributed by atoms with Crippen LogP contribution < -0.4 is 0 Å². The van der Waals surface area contributed by atoms with E-state index in [1.807, 2.05) is 0 Å². The van der Waals surface area contributed by atoms with Gasteiger partial charge in [-0.1, -0.05) is 90.3 Å². The van der Waals surface area contributed by atoms with E-state index in [9.17, 15) is 0 Å². The standard InChI is InChI=1S/C18H37NS2/c1-4-6-8-10-12-14-16-19(18(20)21-3)17-15-13-11-9-7-5-2/h4-17H2,1-3H3. The monoisotopic (exact) mass is 331 g/mol. The molecule has 126 valence electrons. The van der Waals surface area contributed by atoms with Crippen LogP contribution in [0.1, 0.15) is 90.9 Å². The average molecular weight is 332 g/mol. The molecule has 0 saturated heterocycles. The fourth-order valence-corrected chi connectivity index (χ4v) is 3.21. The van der Waals surface area contributed by atoms with Gasteiger partial charge in [0, 0.05) is 13.1 Å². The van der Waals surface area contributed by atoms with Gasteiger partial charge in [-0.15, -0.1) is 11.8 Å². The minimum Gasteiger partial charge on any atom is -0.358 e. The van der Waals surface area contributed by atoms with Crippen molar-refractivity contribution in [3.05, 3.63) is 0 Å². The first-order chi connectivity index (χ1) is 10.3. The SMILES string of the molecule is CCCCCCCCN(CCCCCCCC)C(=S)SC. The summed E-state index contributed by atoms with van der Waals surface area (Å²) in [6.45, 7) is 6.89. The van der Waals surface area contributed by atoms with Crippen LogP contribution in [0.2, 0.25) is 0 Å². The van der Waals surface area contributed by atoms with Crippen molar-refractivity contribution in [2.24, 2.45) is 0 Å². The van der Waals surface area contributed by atoms with Crippen molar-refractivity contribution in [2.75, 3.05) is 19.3 Å². The molecule has 0 saturated carbocycles. The van der Waals surface area contributed by atoms with E-state index in [0.717, 1.165) is 4.32 Å². The van der Waals surface area contributed by atoms with Crippen LogP contribution in [0.25, 0.3) is 0 Å². The van der Waals surface area contributed by atoms with Gasteiger partial charge in [0.15, 0.2) is 0 Å². The highest BCUT2D eigenvalue weighted by atomic mass is 32.2. The molecule has 21 heavy (non-hydrogen) atoms. The van der Waals surface area contributed by atoms with Gasteiger partial charge in [0.05, 0.1) is 0 Å². The second-order valence-corrected chi connectivity index (χ2v) is 7.43. The topological polar surface area (TPSA) is 3.24 Å². The minimum absolute atomic E-state index is 1.09. The fourth-order valence-electron chi connectivity index (χ4n) is 2.59. The van der Waals surface area contributed by atoms with E-state index in [1.165, 1.54) is 90.1 Å². The summed E-state index contributed by atoms with van der Waals surface area (Å²) in [6.07, 6.45) is 18.5. The molecule has 0 fully saturated rings. The van der Waals surface area contributed by atoms with E-state index in [0.29, 0.717) is 0 Å². The van der Waals surface area contributed by atoms with Gasteiger partial charge in [-0.3, -0.25) is 0 Å². The van der Waals surface area contributed by atoms with E-state index in [2.05, 4.69) is 25.0 Å². The lowest BCUT2D eigenvalue weighted by Crippen LogP contribution is -2.29. The highest BCUT2D eigenvalue weighted by Gasteiger charge is 2.07. The second kappa shape index (κ2) is 16.6. The molecule has 0 unspecified atom stereocenters. The lowest BCUT2D eigenvalue weighted by atomic mass is 10.1. The Hall–Kier alpha value is 0.240. The van der Waals surface area contributed by atoms with Crippen molar-refractivity contribution in [1.29, 1.82) is 0 Å². The van der Waals surface area contributed by atoms with Crippen LogP contribution in [0, 0.1) is 0 Å². The number of unbranched alkanes of at least 4 members (excludes halogenated alkanes) is 10. The Morgan fingerprint density at radius 2 is 1.10 bits per heavy atom. The largest absolute Gasteiger partial charge is 0.358 e. The smallest absolute Gasteiger partial charge is 0.136 e. The number of nitrogens with zero attached hydrogens (tertiary/aromatic N) is 1. The maximum absolute atomic E-state index is 5.50. The van der Waals surface area contributed by atoms with E-state index in [1.54, 1.807) is 11.8 Å². The zero-order valence-electron chi connectivity index (χ0n) is 14.7. The first kappa shape index (κ1) is 21.2. The molecule has 0 aliphatic carbocycles. The van der Waals surface area contributed by atoms with Crippen molar-refractivity contribution < 1.29 is 0 Å². The predicted molar refractivity (Wildman–Crippen MR) is 104 cm³/mol. The van der Waals surface area contributed by atoms with Gasteiger partial charge in [0.25, 0.3) is 0 Å². The van der Waals surface area contributed by atoms with Crippen LogP contribution in [0.15, 0.2) is 0 Å². The van der Waals surface area contributed by atoms with Crippen molar-refractivity contribution in [1.82, 2.24) is 4.90 Å². The molecule has 0 bridgehead atoms. The molecule has 0 aromatic rings. The highest BCUT2D eigenvalue weighted by Crippen LogP contribution is 2.12. The fraction of sp³-hybridized carbons (Fsp3) is 0.944. The van der Waals surface area contributed by atoms with Gasteiger partial charge < -0.3 is 4.90 Å². The molecule has 0 aliphatic heterocycles. The minimum atomic E-state index is 1.09. The summed E-state index contributed by atoms with van der Waals surface area (Å²) < 4.78 is 1.09. The number of thioether (sulfide) groups is 1. The maximum Gasteiger partial charge on any atom is 0.136 e. The molecule has 0 heterocycles. The molecule has 0 atom stereocenters. The van der Waals surface area contributed by atoms with Crippen LogP contribution in [0.3, 0.4) is 0 Å². The quantitative estimate of drug-likeness (QED) is 0.259. The molecule has 0 spiro atoms. The zero-order chi connectivity index (χ0) is 15.8. The van der Waals surface area contributed by atoms with Gasteiger partial charge in [-0.25, -0.2) is 0 Å². The summed E-state index contributed by atoms with van der Waals surface area (Å²) in [5, 5.41) is 0. The Morgan fingerprint density at radius 1 is 0.714 bits per heavy atom. The molecule has 0 rings (SSSR count). The third-order valence-electron chi connectivity index (χ3n) is 4.00. The number of hydrogen-bond acceptors (Lipinski definition) is 2. The van der Waals surface area contributed by atoms with Crippen LogP contribution in [0.4, 0.5) is 0 Å². The Morgan fingerprint density at radius 3 is 1.48 bits per heavy atom. The lowest BCUT2D eigenvalue weighted by Gasteiger charge is -2.24. The van der Waals surface area contributed by atoms with Gasteiger partial charge in [-0.05, 0) is 19.1 Å². The number of rotatable bonds is 14. The summed E-state index contributed by atoms with van der Waals surface area (Å²) in [6, 6.07) is 0. The Labute approximate surface area is 143 Å². The molecule has 0 N–H and O–H groups in total. The predicted octanol–water partition coefficient (Wildman–Crippen LogP) is 6.66. The number of thiocarbonyl (C=S) groups is 1. The van der Waals surface area contributed by atoms with E-state index in [-0.39, 0.29) is 0 Å². The first-order valence-electron chi connectivity index (χ1n) is 9.09. The summed E-state index contributed by atoms with van der Waals surface area (Å²) in [4.78, 5) is 2.44. The van der Waals surface area contributed by atoms with Crippen LogP contribution in [-0.2, 0) is 0 Å². The van der Waals surface area contributed by atoms with E-state index in [4.69, 9.17) is 12.2 Å². The van der Waals surface area contributed by atoms with Crippen molar-refractivity contribution in [3.8, 4) is 0 Å². The maximum atomic E-state index is 5.50. The molecule has 0 aromatic carbocycles. The van der Waals surface area contributed by atoms with Gasteiger partial charge in [0.1, 0.15) is 4.32 Å². The van der Waals surface area contributed by atoms with Crippen LogP contribution in [-0.4, -0.2) is 28.6 Å². The molecule has 0 aromatic heterocycles. The lowest BCUT2D eigenvalue weighted by molar-refractivity contribution is 0.395. The normalized spacial score (nSPS) is 10.8. The average Bonchev–Trinajstić information content (AvgIpc) is 2.51. The number of hydrogen-bond donors (Lipinski definition) is 0. The van der Waals surface area contributed by atoms with Crippen molar-refractivity contribution in [3.63, 3.8) is 0 Å². The highest BCUT2D eigenvalue weighted by molar-refractivity contribution is 8.22. The molecule has 0 radical (unpaired) electrons. The Kier molecular flexibility index (Phi) is 16.8. The van der Waals surface area contributed by atoms with Gasteiger partial charge in [-0.2, -0.15) is 0 Å². The van der Waals surface area contributed by atoms with Crippen molar-refractivity contribution in [2.45, 2.75) is 90.9 Å². The van der Waals surface area contributed by atoms with E-state index >= 15 is 0 Å². The van der Waals surface area contributed by atoms with Crippen LogP contribution >= 0.6 is 24.0 Å². The molecule has 1 nitrogen and oxygen atoms in total. The molecular weight excluding hydrogens is 294 g/mol. The first-order valence-corrected chi connectivity index (χ1v) is 10.7. The zero-order valence-corrected chi connectivity index (χ0v) is 16.3. The Bertz CT molecular complexity index is 215. The third kappa shape index (κ3) is 13.6. The van der Waals surface area contributed by atoms with Gasteiger partial charge in [0.2, 0.25) is 0 Å². The Balaban J connectivity index is 3.70. The van der Waals surface area contributed by atoms with Crippen molar-refractivity contribution >= 4 is 28.3 Å². The summed E-state index contributed by atoms with van der Waals surface area (Å²) in [5.74, 6) is 0. The second-order valence-electron chi connectivity index (χ2n) is 5.99. The summed E-state index contributed by atoms with van der Waals surface area (Å²) >= 11 is 7.24. The molecule has 0 aliphatic rings. The molecule has 0 amide bonds. The van der Waals surface area contributed by atoms with Crippen LogP contribution in [0.5, 0.6) is 0 Å². The summed E-state index contributed by atoms with van der Waals surface area (Å²) in [7, 11) is 0. The van der Waals surface area contributed by atoms with Gasteiger partial charge >= 0.3 is 0 Å².